The smallest absolute Gasteiger partial charge is 0.265 e. The van der Waals surface area contributed by atoms with E-state index in [4.69, 9.17) is 12.2 Å². The molecule has 1 aliphatic heterocycles. The lowest BCUT2D eigenvalue weighted by Crippen LogP contribution is -2.55. The number of likely N-dealkylation sites (N-methyl/N-ethyl adjacent to an activating group) is 2. The monoisotopic (exact) mass is 382 g/mol. The van der Waals surface area contributed by atoms with Crippen LogP contribution in [0.1, 0.15) is 30.8 Å². The molecule has 2 heterocycles. The summed E-state index contributed by atoms with van der Waals surface area (Å²) in [6.45, 7) is 8.32. The normalized spacial score (nSPS) is 15.0. The van der Waals surface area contributed by atoms with Gasteiger partial charge in [0.05, 0.1) is 11.4 Å². The molecule has 1 saturated heterocycles. The number of aryl methyl sites for hydroxylation is 1. The maximum atomic E-state index is 12.8. The summed E-state index contributed by atoms with van der Waals surface area (Å²) in [5.41, 5.74) is 3.44. The van der Waals surface area contributed by atoms with Crippen LogP contribution in [0.25, 0.3) is 11.8 Å². The van der Waals surface area contributed by atoms with E-state index in [2.05, 4.69) is 5.10 Å². The van der Waals surface area contributed by atoms with E-state index < -0.39 is 0 Å². The van der Waals surface area contributed by atoms with Gasteiger partial charge in [-0.15, -0.1) is 0 Å². The summed E-state index contributed by atoms with van der Waals surface area (Å²) in [5.74, 6) is -0.716. The lowest BCUT2D eigenvalue weighted by Gasteiger charge is -2.35. The van der Waals surface area contributed by atoms with Gasteiger partial charge in [-0.1, -0.05) is 18.2 Å². The number of nitrogens with zero attached hydrogens (tertiary/aromatic N) is 4. The predicted molar refractivity (Wildman–Crippen MR) is 108 cm³/mol. The fourth-order valence-electron chi connectivity index (χ4n) is 3.21. The van der Waals surface area contributed by atoms with Gasteiger partial charge in [0.15, 0.2) is 5.11 Å². The predicted octanol–water partition coefficient (Wildman–Crippen LogP) is 2.87. The van der Waals surface area contributed by atoms with Crippen LogP contribution in [0.3, 0.4) is 0 Å². The Labute approximate surface area is 164 Å². The molecule has 140 valence electrons. The van der Waals surface area contributed by atoms with Crippen LogP contribution in [0.15, 0.2) is 35.9 Å². The standard InChI is InChI=1S/C20H22N4O2S/c1-5-22-18(25)17(19(26)23(6-2)20(22)27)12-16-13(3)21-24(14(16)4)15-10-8-7-9-11-15/h7-12H,5-6H2,1-4H3. The van der Waals surface area contributed by atoms with Crippen molar-refractivity contribution in [2.75, 3.05) is 13.1 Å². The van der Waals surface area contributed by atoms with E-state index in [0.717, 1.165) is 22.6 Å². The Morgan fingerprint density at radius 1 is 1.00 bits per heavy atom. The molecule has 0 aliphatic carbocycles. The van der Waals surface area contributed by atoms with Crippen molar-refractivity contribution in [1.82, 2.24) is 19.6 Å². The average Bonchev–Trinajstić information content (AvgIpc) is 2.94. The molecule has 0 saturated carbocycles. The molecule has 0 radical (unpaired) electrons. The summed E-state index contributed by atoms with van der Waals surface area (Å²) < 4.78 is 1.82. The highest BCUT2D eigenvalue weighted by molar-refractivity contribution is 7.80. The fraction of sp³-hybridized carbons (Fsp3) is 0.300. The third-order valence-corrected chi connectivity index (χ3v) is 5.12. The first kappa shape index (κ1) is 19.0. The SMILES string of the molecule is CCN1C(=O)C(=Cc2c(C)nn(-c3ccccc3)c2C)C(=O)N(CC)C1=S. The Bertz CT molecular complexity index is 918. The fourth-order valence-corrected chi connectivity index (χ4v) is 3.64. The zero-order valence-electron chi connectivity index (χ0n) is 15.9. The minimum absolute atomic E-state index is 0.117. The molecule has 6 nitrogen and oxygen atoms in total. The molecular weight excluding hydrogens is 360 g/mol. The van der Waals surface area contributed by atoms with Crippen LogP contribution < -0.4 is 0 Å². The summed E-state index contributed by atoms with van der Waals surface area (Å²) in [5, 5.41) is 4.85. The first-order chi connectivity index (χ1) is 12.9. The van der Waals surface area contributed by atoms with Gasteiger partial charge in [0.1, 0.15) is 5.57 Å². The maximum absolute atomic E-state index is 12.8. The summed E-state index contributed by atoms with van der Waals surface area (Å²) in [6.07, 6.45) is 1.65. The molecule has 0 bridgehead atoms. The van der Waals surface area contributed by atoms with E-state index in [0.29, 0.717) is 13.1 Å². The zero-order chi connectivity index (χ0) is 19.7. The lowest BCUT2D eigenvalue weighted by atomic mass is 10.1. The maximum Gasteiger partial charge on any atom is 0.265 e. The van der Waals surface area contributed by atoms with Gasteiger partial charge in [-0.05, 0) is 58.1 Å². The Hall–Kier alpha value is -2.80. The third kappa shape index (κ3) is 3.19. The third-order valence-electron chi connectivity index (χ3n) is 4.68. The van der Waals surface area contributed by atoms with Gasteiger partial charge in [0.25, 0.3) is 11.8 Å². The van der Waals surface area contributed by atoms with Crippen LogP contribution in [0.2, 0.25) is 0 Å². The van der Waals surface area contributed by atoms with E-state index in [1.54, 1.807) is 6.08 Å². The highest BCUT2D eigenvalue weighted by atomic mass is 32.1. The van der Waals surface area contributed by atoms with Gasteiger partial charge in [-0.3, -0.25) is 19.4 Å². The van der Waals surface area contributed by atoms with Crippen LogP contribution in [0.4, 0.5) is 0 Å². The minimum atomic E-state index is -0.358. The number of carbonyl (C=O) groups is 2. The van der Waals surface area contributed by atoms with Crippen molar-refractivity contribution < 1.29 is 9.59 Å². The molecule has 1 aliphatic rings. The number of hydrogen-bond donors (Lipinski definition) is 0. The van der Waals surface area contributed by atoms with Gasteiger partial charge in [0, 0.05) is 24.3 Å². The quantitative estimate of drug-likeness (QED) is 0.464. The lowest BCUT2D eigenvalue weighted by molar-refractivity contribution is -0.133. The van der Waals surface area contributed by atoms with Gasteiger partial charge in [0.2, 0.25) is 0 Å². The van der Waals surface area contributed by atoms with E-state index in [9.17, 15) is 9.59 Å². The number of rotatable bonds is 4. The van der Waals surface area contributed by atoms with Gasteiger partial charge in [-0.2, -0.15) is 5.10 Å². The van der Waals surface area contributed by atoms with Crippen LogP contribution in [-0.2, 0) is 9.59 Å². The van der Waals surface area contributed by atoms with E-state index in [-0.39, 0.29) is 22.5 Å². The molecule has 0 N–H and O–H groups in total. The molecule has 0 atom stereocenters. The number of amides is 2. The largest absolute Gasteiger partial charge is 0.285 e. The Morgan fingerprint density at radius 2 is 1.56 bits per heavy atom. The molecule has 1 aromatic carbocycles. The molecule has 27 heavy (non-hydrogen) atoms. The highest BCUT2D eigenvalue weighted by Crippen LogP contribution is 2.24. The Morgan fingerprint density at radius 3 is 2.07 bits per heavy atom. The number of benzene rings is 1. The second-order valence-corrected chi connectivity index (χ2v) is 6.64. The Kier molecular flexibility index (Phi) is 5.23. The number of carbonyl (C=O) groups excluding carboxylic acids is 2. The summed E-state index contributed by atoms with van der Waals surface area (Å²) >= 11 is 5.30. The first-order valence-electron chi connectivity index (χ1n) is 8.91. The van der Waals surface area contributed by atoms with Crippen molar-refractivity contribution in [2.45, 2.75) is 27.7 Å². The van der Waals surface area contributed by atoms with Gasteiger partial charge >= 0.3 is 0 Å². The number of hydrogen-bond acceptors (Lipinski definition) is 4. The van der Waals surface area contributed by atoms with E-state index in [1.165, 1.54) is 9.80 Å². The van der Waals surface area contributed by atoms with Crippen molar-refractivity contribution >= 4 is 35.2 Å². The van der Waals surface area contributed by atoms with Crippen molar-refractivity contribution in [3.63, 3.8) is 0 Å². The van der Waals surface area contributed by atoms with E-state index >= 15 is 0 Å². The van der Waals surface area contributed by atoms with Crippen molar-refractivity contribution in [3.8, 4) is 5.69 Å². The second-order valence-electron chi connectivity index (χ2n) is 6.27. The molecule has 7 heteroatoms. The number of thiocarbonyl (C=S) groups is 1. The van der Waals surface area contributed by atoms with Crippen molar-refractivity contribution in [1.29, 1.82) is 0 Å². The topological polar surface area (TPSA) is 58.4 Å². The van der Waals surface area contributed by atoms with Crippen molar-refractivity contribution in [3.05, 3.63) is 52.9 Å². The van der Waals surface area contributed by atoms with Crippen LogP contribution >= 0.6 is 12.2 Å². The average molecular weight is 382 g/mol. The van der Waals surface area contributed by atoms with Crippen LogP contribution in [-0.4, -0.2) is 49.6 Å². The number of para-hydroxylation sites is 1. The molecular formula is C20H22N4O2S. The summed E-state index contributed by atoms with van der Waals surface area (Å²) in [7, 11) is 0. The molecule has 1 fully saturated rings. The second kappa shape index (κ2) is 7.44. The summed E-state index contributed by atoms with van der Waals surface area (Å²) in [4.78, 5) is 28.6. The molecule has 2 amide bonds. The molecule has 2 aromatic rings. The highest BCUT2D eigenvalue weighted by Gasteiger charge is 2.38. The van der Waals surface area contributed by atoms with Crippen LogP contribution in [0, 0.1) is 13.8 Å². The van der Waals surface area contributed by atoms with Gasteiger partial charge < -0.3 is 0 Å². The van der Waals surface area contributed by atoms with Crippen molar-refractivity contribution in [2.24, 2.45) is 0 Å². The molecule has 3 rings (SSSR count). The number of aromatic nitrogens is 2. The Balaban J connectivity index is 2.10. The molecule has 1 aromatic heterocycles. The minimum Gasteiger partial charge on any atom is -0.285 e. The van der Waals surface area contributed by atoms with E-state index in [1.807, 2.05) is 62.7 Å². The molecule has 0 spiro atoms. The van der Waals surface area contributed by atoms with Crippen LogP contribution in [0.5, 0.6) is 0 Å². The zero-order valence-corrected chi connectivity index (χ0v) is 16.7. The molecule has 0 unspecified atom stereocenters. The first-order valence-corrected chi connectivity index (χ1v) is 9.32. The van der Waals surface area contributed by atoms with Gasteiger partial charge in [-0.25, -0.2) is 4.68 Å². The summed E-state index contributed by atoms with van der Waals surface area (Å²) in [6, 6.07) is 9.75.